The van der Waals surface area contributed by atoms with Crippen molar-refractivity contribution in [1.82, 2.24) is 5.01 Å². The molecule has 1 aromatic heterocycles. The number of rotatable bonds is 4. The van der Waals surface area contributed by atoms with Crippen molar-refractivity contribution in [2.75, 3.05) is 7.11 Å². The Labute approximate surface area is 178 Å². The van der Waals surface area contributed by atoms with Crippen LogP contribution in [0.1, 0.15) is 22.5 Å². The number of methoxy groups -OCH3 is 1. The Morgan fingerprint density at radius 2 is 1.74 bits per heavy atom. The molecule has 0 N–H and O–H groups in total. The standard InChI is InChI=1S/C24H20N2O5/c1-30-24(29)16-5-3-2-4-13(16)19-9-6-12(31-19)11-25-26-22(27)20-14-7-8-15(18-10-17(14)18)21(20)23(26)28/h2-9,11,14-15,17-18,20-21H,10H2,1H3/b25-11-/t14-,15-,17-,18+,20-,21+/m0/s1. The maximum atomic E-state index is 13.0. The lowest BCUT2D eigenvalue weighted by Gasteiger charge is -2.37. The van der Waals surface area contributed by atoms with E-state index in [1.165, 1.54) is 13.3 Å². The Hall–Kier alpha value is -3.48. The second-order valence-electron chi connectivity index (χ2n) is 8.63. The molecular formula is C24H20N2O5. The van der Waals surface area contributed by atoms with Crippen molar-refractivity contribution in [3.63, 3.8) is 0 Å². The van der Waals surface area contributed by atoms with E-state index in [1.807, 2.05) is 0 Å². The molecule has 7 nitrogen and oxygen atoms in total. The molecule has 1 saturated heterocycles. The molecule has 2 amide bonds. The van der Waals surface area contributed by atoms with Crippen LogP contribution in [0.25, 0.3) is 11.3 Å². The first kappa shape index (κ1) is 18.3. The number of imide groups is 1. The Bertz CT molecular complexity index is 1140. The minimum atomic E-state index is -0.459. The second kappa shape index (κ2) is 6.51. The number of carbonyl (C=O) groups is 3. The van der Waals surface area contributed by atoms with E-state index in [2.05, 4.69) is 17.3 Å². The topological polar surface area (TPSA) is 89.2 Å². The summed E-state index contributed by atoms with van der Waals surface area (Å²) < 4.78 is 10.6. The Morgan fingerprint density at radius 1 is 1.06 bits per heavy atom. The van der Waals surface area contributed by atoms with E-state index in [1.54, 1.807) is 36.4 Å². The third-order valence-corrected chi connectivity index (χ3v) is 7.16. The third-order valence-electron chi connectivity index (χ3n) is 7.16. The summed E-state index contributed by atoms with van der Waals surface area (Å²) in [6.45, 7) is 0. The van der Waals surface area contributed by atoms with Crippen molar-refractivity contribution in [3.8, 4) is 11.3 Å². The van der Waals surface area contributed by atoms with Crippen LogP contribution in [0.2, 0.25) is 0 Å². The molecule has 0 unspecified atom stereocenters. The molecule has 1 aromatic carbocycles. The lowest BCUT2D eigenvalue weighted by Crippen LogP contribution is -2.40. The molecule has 156 valence electrons. The first-order valence-corrected chi connectivity index (χ1v) is 10.5. The highest BCUT2D eigenvalue weighted by atomic mass is 16.5. The van der Waals surface area contributed by atoms with Gasteiger partial charge in [0.05, 0.1) is 30.7 Å². The smallest absolute Gasteiger partial charge is 0.338 e. The van der Waals surface area contributed by atoms with Gasteiger partial charge in [-0.05, 0) is 48.3 Å². The number of furan rings is 1. The zero-order valence-corrected chi connectivity index (χ0v) is 16.8. The number of carbonyl (C=O) groups excluding carboxylic acids is 3. The normalized spacial score (nSPS) is 32.5. The van der Waals surface area contributed by atoms with E-state index in [0.717, 1.165) is 11.4 Å². The minimum absolute atomic E-state index is 0.168. The van der Waals surface area contributed by atoms with Gasteiger partial charge in [-0.15, -0.1) is 0 Å². The molecule has 7 rings (SSSR count). The van der Waals surface area contributed by atoms with E-state index in [4.69, 9.17) is 9.15 Å². The zero-order chi connectivity index (χ0) is 21.3. The Kier molecular flexibility index (Phi) is 3.84. The van der Waals surface area contributed by atoms with Crippen molar-refractivity contribution in [1.29, 1.82) is 0 Å². The molecule has 0 radical (unpaired) electrons. The highest BCUT2D eigenvalue weighted by molar-refractivity contribution is 6.06. The van der Waals surface area contributed by atoms with E-state index >= 15 is 0 Å². The average Bonchev–Trinajstić information content (AvgIpc) is 3.44. The van der Waals surface area contributed by atoms with Gasteiger partial charge in [-0.3, -0.25) is 9.59 Å². The number of esters is 1. The van der Waals surface area contributed by atoms with Crippen molar-refractivity contribution in [2.45, 2.75) is 6.42 Å². The molecule has 5 aliphatic rings. The summed E-state index contributed by atoms with van der Waals surface area (Å²) >= 11 is 0. The van der Waals surface area contributed by atoms with Crippen LogP contribution in [0, 0.1) is 35.5 Å². The fraction of sp³-hybridized carbons (Fsp3) is 0.333. The Balaban J connectivity index is 1.25. The molecule has 2 heterocycles. The lowest BCUT2D eigenvalue weighted by molar-refractivity contribution is -0.140. The monoisotopic (exact) mass is 416 g/mol. The molecule has 31 heavy (non-hydrogen) atoms. The number of hydrazone groups is 1. The van der Waals surface area contributed by atoms with E-state index in [0.29, 0.717) is 34.5 Å². The zero-order valence-electron chi connectivity index (χ0n) is 16.8. The summed E-state index contributed by atoms with van der Waals surface area (Å²) in [6.07, 6.45) is 6.78. The van der Waals surface area contributed by atoms with Gasteiger partial charge < -0.3 is 9.15 Å². The van der Waals surface area contributed by atoms with Crippen molar-refractivity contribution in [2.24, 2.45) is 40.6 Å². The van der Waals surface area contributed by atoms with Crippen LogP contribution in [0.5, 0.6) is 0 Å². The van der Waals surface area contributed by atoms with E-state index in [9.17, 15) is 14.4 Å². The lowest BCUT2D eigenvalue weighted by atomic mass is 9.63. The van der Waals surface area contributed by atoms with Crippen LogP contribution >= 0.6 is 0 Å². The molecule has 3 fully saturated rings. The number of hydrogen-bond donors (Lipinski definition) is 0. The van der Waals surface area contributed by atoms with Crippen molar-refractivity contribution in [3.05, 3.63) is 59.9 Å². The largest absolute Gasteiger partial charge is 0.465 e. The van der Waals surface area contributed by atoms with Crippen LogP contribution in [0.3, 0.4) is 0 Å². The van der Waals surface area contributed by atoms with Crippen molar-refractivity contribution >= 4 is 24.0 Å². The fourth-order valence-electron chi connectivity index (χ4n) is 5.72. The molecule has 2 aromatic rings. The predicted octanol–water partition coefficient (Wildman–Crippen LogP) is 3.12. The SMILES string of the molecule is COC(=O)c1ccccc1-c1ccc(/C=N\N2C(=O)[C@@H]3[C@H]4C=C[C@@H]([C@@H]5C[C@H]45)[C@@H]3C2=O)o1. The molecule has 0 spiro atoms. The van der Waals surface area contributed by atoms with Gasteiger partial charge in [0.1, 0.15) is 11.5 Å². The number of ether oxygens (including phenoxy) is 1. The van der Waals surface area contributed by atoms with Crippen LogP contribution in [-0.2, 0) is 14.3 Å². The summed E-state index contributed by atoms with van der Waals surface area (Å²) in [5.41, 5.74) is 0.980. The summed E-state index contributed by atoms with van der Waals surface area (Å²) in [5.74, 6) is 0.871. The van der Waals surface area contributed by atoms with Gasteiger partial charge in [-0.2, -0.15) is 10.1 Å². The van der Waals surface area contributed by atoms with Gasteiger partial charge >= 0.3 is 5.97 Å². The van der Waals surface area contributed by atoms with Crippen LogP contribution < -0.4 is 0 Å². The van der Waals surface area contributed by atoms with Gasteiger partial charge in [0.15, 0.2) is 0 Å². The van der Waals surface area contributed by atoms with Crippen LogP contribution in [-0.4, -0.2) is 36.1 Å². The molecule has 2 bridgehead atoms. The van der Waals surface area contributed by atoms with E-state index < -0.39 is 5.97 Å². The maximum absolute atomic E-state index is 13.0. The van der Waals surface area contributed by atoms with Gasteiger partial charge in [0, 0.05) is 5.56 Å². The summed E-state index contributed by atoms with van der Waals surface area (Å²) in [4.78, 5) is 38.0. The number of benzene rings is 1. The number of hydrogen-bond acceptors (Lipinski definition) is 6. The average molecular weight is 416 g/mol. The fourth-order valence-corrected chi connectivity index (χ4v) is 5.72. The predicted molar refractivity (Wildman–Crippen MR) is 110 cm³/mol. The van der Waals surface area contributed by atoms with Crippen molar-refractivity contribution < 1.29 is 23.5 Å². The minimum Gasteiger partial charge on any atom is -0.465 e. The molecule has 6 atom stereocenters. The quantitative estimate of drug-likeness (QED) is 0.331. The number of nitrogens with zero attached hydrogens (tertiary/aromatic N) is 2. The van der Waals surface area contributed by atoms with Gasteiger partial charge in [-0.25, -0.2) is 4.79 Å². The first-order valence-electron chi connectivity index (χ1n) is 10.5. The second-order valence-corrected chi connectivity index (χ2v) is 8.63. The molecule has 4 aliphatic carbocycles. The summed E-state index contributed by atoms with van der Waals surface area (Å²) in [5, 5.41) is 5.22. The highest BCUT2D eigenvalue weighted by Crippen LogP contribution is 2.65. The number of allylic oxidation sites excluding steroid dienone is 2. The summed E-state index contributed by atoms with van der Waals surface area (Å²) in [7, 11) is 1.33. The van der Waals surface area contributed by atoms with E-state index in [-0.39, 0.29) is 35.5 Å². The molecule has 7 heteroatoms. The van der Waals surface area contributed by atoms with Gasteiger partial charge in [0.2, 0.25) is 0 Å². The van der Waals surface area contributed by atoms with Gasteiger partial charge in [-0.1, -0.05) is 30.4 Å². The van der Waals surface area contributed by atoms with Crippen LogP contribution in [0.15, 0.2) is 58.1 Å². The first-order chi connectivity index (χ1) is 15.1. The molecule has 2 saturated carbocycles. The van der Waals surface area contributed by atoms with Gasteiger partial charge in [0.25, 0.3) is 11.8 Å². The third kappa shape index (κ3) is 2.59. The molecular weight excluding hydrogens is 396 g/mol. The maximum Gasteiger partial charge on any atom is 0.338 e. The van der Waals surface area contributed by atoms with Crippen LogP contribution in [0.4, 0.5) is 0 Å². The highest BCUT2D eigenvalue weighted by Gasteiger charge is 2.67. The Morgan fingerprint density at radius 3 is 2.42 bits per heavy atom. The number of amides is 2. The summed E-state index contributed by atoms with van der Waals surface area (Å²) in [6, 6.07) is 10.4. The molecule has 1 aliphatic heterocycles.